The molecule has 2 heterocycles. The SMILES string of the molecule is CN(C)c1cc(C(=O)Nc2ncn(C)n2)c2ccccc2n1. The van der Waals surface area contributed by atoms with Gasteiger partial charge in [0, 0.05) is 26.5 Å². The Kier molecular flexibility index (Phi) is 3.46. The van der Waals surface area contributed by atoms with E-state index in [2.05, 4.69) is 20.4 Å². The van der Waals surface area contributed by atoms with Crippen LogP contribution in [-0.4, -0.2) is 39.8 Å². The number of amides is 1. The van der Waals surface area contributed by atoms with E-state index in [1.807, 2.05) is 43.3 Å². The number of carbonyl (C=O) groups is 1. The third-order valence-corrected chi connectivity index (χ3v) is 3.23. The molecule has 0 unspecified atom stereocenters. The van der Waals surface area contributed by atoms with E-state index in [1.54, 1.807) is 13.1 Å². The molecular formula is C15H16N6O. The molecule has 7 nitrogen and oxygen atoms in total. The first-order valence-corrected chi connectivity index (χ1v) is 6.78. The number of nitrogens with one attached hydrogen (secondary N) is 1. The molecule has 22 heavy (non-hydrogen) atoms. The first kappa shape index (κ1) is 14.0. The van der Waals surface area contributed by atoms with E-state index >= 15 is 0 Å². The molecule has 1 N–H and O–H groups in total. The van der Waals surface area contributed by atoms with Crippen molar-refractivity contribution in [1.82, 2.24) is 19.7 Å². The highest BCUT2D eigenvalue weighted by Gasteiger charge is 2.15. The molecule has 3 rings (SSSR count). The molecule has 3 aromatic rings. The van der Waals surface area contributed by atoms with Gasteiger partial charge in [-0.05, 0) is 12.1 Å². The molecule has 0 aliphatic heterocycles. The summed E-state index contributed by atoms with van der Waals surface area (Å²) in [5.74, 6) is 0.741. The normalized spacial score (nSPS) is 10.7. The van der Waals surface area contributed by atoms with Crippen molar-refractivity contribution in [1.29, 1.82) is 0 Å². The Labute approximate surface area is 127 Å². The monoisotopic (exact) mass is 296 g/mol. The van der Waals surface area contributed by atoms with Crippen molar-refractivity contribution in [3.05, 3.63) is 42.2 Å². The van der Waals surface area contributed by atoms with Crippen molar-refractivity contribution in [3.63, 3.8) is 0 Å². The van der Waals surface area contributed by atoms with Gasteiger partial charge in [0.15, 0.2) is 0 Å². The van der Waals surface area contributed by atoms with E-state index < -0.39 is 0 Å². The molecule has 0 fully saturated rings. The maximum absolute atomic E-state index is 12.6. The zero-order valence-corrected chi connectivity index (χ0v) is 12.6. The molecular weight excluding hydrogens is 280 g/mol. The summed E-state index contributed by atoms with van der Waals surface area (Å²) in [5.41, 5.74) is 1.31. The predicted octanol–water partition coefficient (Wildman–Crippen LogP) is 1.68. The van der Waals surface area contributed by atoms with Crippen LogP contribution >= 0.6 is 0 Å². The van der Waals surface area contributed by atoms with Crippen molar-refractivity contribution < 1.29 is 4.79 Å². The van der Waals surface area contributed by atoms with Crippen LogP contribution < -0.4 is 10.2 Å². The van der Waals surface area contributed by atoms with E-state index in [-0.39, 0.29) is 11.9 Å². The molecule has 0 saturated heterocycles. The molecule has 2 aromatic heterocycles. The zero-order chi connectivity index (χ0) is 15.7. The Morgan fingerprint density at radius 1 is 1.27 bits per heavy atom. The lowest BCUT2D eigenvalue weighted by Crippen LogP contribution is -2.17. The van der Waals surface area contributed by atoms with Crippen LogP contribution in [0.4, 0.5) is 11.8 Å². The van der Waals surface area contributed by atoms with Crippen LogP contribution in [0.2, 0.25) is 0 Å². The van der Waals surface area contributed by atoms with Gasteiger partial charge in [0.05, 0.1) is 11.1 Å². The van der Waals surface area contributed by atoms with Crippen molar-refractivity contribution in [2.24, 2.45) is 7.05 Å². The molecule has 7 heteroatoms. The van der Waals surface area contributed by atoms with Crippen molar-refractivity contribution in [2.45, 2.75) is 0 Å². The summed E-state index contributed by atoms with van der Waals surface area (Å²) in [6, 6.07) is 9.31. The molecule has 0 radical (unpaired) electrons. The Hall–Kier alpha value is -2.96. The van der Waals surface area contributed by atoms with Gasteiger partial charge in [-0.1, -0.05) is 18.2 Å². The number of nitrogens with zero attached hydrogens (tertiary/aromatic N) is 5. The van der Waals surface area contributed by atoms with Gasteiger partial charge in [-0.2, -0.15) is 0 Å². The minimum atomic E-state index is -0.257. The molecule has 0 atom stereocenters. The van der Waals surface area contributed by atoms with Crippen LogP contribution in [0.5, 0.6) is 0 Å². The minimum Gasteiger partial charge on any atom is -0.363 e. The number of anilines is 2. The molecule has 0 spiro atoms. The Morgan fingerprint density at radius 3 is 2.73 bits per heavy atom. The van der Waals surface area contributed by atoms with E-state index in [1.165, 1.54) is 11.0 Å². The third-order valence-electron chi connectivity index (χ3n) is 3.23. The summed E-state index contributed by atoms with van der Waals surface area (Å²) < 4.78 is 1.53. The lowest BCUT2D eigenvalue weighted by molar-refractivity contribution is 0.102. The number of rotatable bonds is 3. The maximum atomic E-state index is 12.6. The Balaban J connectivity index is 2.06. The second kappa shape index (κ2) is 5.44. The summed E-state index contributed by atoms with van der Waals surface area (Å²) in [7, 11) is 5.52. The van der Waals surface area contributed by atoms with Crippen LogP contribution in [0.3, 0.4) is 0 Å². The van der Waals surface area contributed by atoms with E-state index in [0.717, 1.165) is 16.7 Å². The van der Waals surface area contributed by atoms with Gasteiger partial charge < -0.3 is 4.90 Å². The Bertz CT molecular complexity index is 839. The Morgan fingerprint density at radius 2 is 2.05 bits per heavy atom. The van der Waals surface area contributed by atoms with Gasteiger partial charge in [0.2, 0.25) is 5.95 Å². The number of hydrogen-bond donors (Lipinski definition) is 1. The van der Waals surface area contributed by atoms with Crippen LogP contribution in [0.25, 0.3) is 10.9 Å². The fourth-order valence-corrected chi connectivity index (χ4v) is 2.14. The van der Waals surface area contributed by atoms with Gasteiger partial charge in [0.1, 0.15) is 12.1 Å². The van der Waals surface area contributed by atoms with E-state index in [4.69, 9.17) is 0 Å². The first-order valence-electron chi connectivity index (χ1n) is 6.78. The van der Waals surface area contributed by atoms with Gasteiger partial charge in [-0.3, -0.25) is 14.8 Å². The number of hydrogen-bond acceptors (Lipinski definition) is 5. The van der Waals surface area contributed by atoms with E-state index in [9.17, 15) is 4.79 Å². The number of pyridine rings is 1. The maximum Gasteiger partial charge on any atom is 0.258 e. The highest BCUT2D eigenvalue weighted by molar-refractivity contribution is 6.12. The van der Waals surface area contributed by atoms with Crippen molar-refractivity contribution in [3.8, 4) is 0 Å². The highest BCUT2D eigenvalue weighted by atomic mass is 16.1. The second-order valence-electron chi connectivity index (χ2n) is 5.14. The summed E-state index contributed by atoms with van der Waals surface area (Å²) in [6.07, 6.45) is 1.53. The number of aromatic nitrogens is 4. The minimum absolute atomic E-state index is 0.257. The van der Waals surface area contributed by atoms with Crippen LogP contribution in [0.1, 0.15) is 10.4 Å². The third kappa shape index (κ3) is 2.60. The zero-order valence-electron chi connectivity index (χ0n) is 12.6. The summed E-state index contributed by atoms with van der Waals surface area (Å²) >= 11 is 0. The molecule has 0 bridgehead atoms. The van der Waals surface area contributed by atoms with E-state index in [0.29, 0.717) is 5.56 Å². The number of carbonyl (C=O) groups excluding carboxylic acids is 1. The van der Waals surface area contributed by atoms with Crippen molar-refractivity contribution in [2.75, 3.05) is 24.3 Å². The first-order chi connectivity index (χ1) is 10.5. The topological polar surface area (TPSA) is 75.9 Å². The van der Waals surface area contributed by atoms with Crippen LogP contribution in [0, 0.1) is 0 Å². The number of aryl methyl sites for hydroxylation is 1. The van der Waals surface area contributed by atoms with Crippen molar-refractivity contribution >= 4 is 28.6 Å². The molecule has 0 aliphatic rings. The summed E-state index contributed by atoms with van der Waals surface area (Å²) in [4.78, 5) is 23.0. The standard InChI is InChI=1S/C15H16N6O/c1-20(2)13-8-11(10-6-4-5-7-12(10)17-13)14(22)18-15-16-9-21(3)19-15/h4-9H,1-3H3,(H,18,19,22). The van der Waals surface area contributed by atoms with Gasteiger partial charge in [-0.15, -0.1) is 5.10 Å². The number of benzene rings is 1. The molecule has 1 aromatic carbocycles. The molecule has 0 aliphatic carbocycles. The fourth-order valence-electron chi connectivity index (χ4n) is 2.14. The quantitative estimate of drug-likeness (QED) is 0.796. The van der Waals surface area contributed by atoms with Crippen LogP contribution in [0.15, 0.2) is 36.7 Å². The number of fused-ring (bicyclic) bond motifs is 1. The number of para-hydroxylation sites is 1. The average Bonchev–Trinajstić information content (AvgIpc) is 2.91. The smallest absolute Gasteiger partial charge is 0.258 e. The molecule has 112 valence electrons. The largest absolute Gasteiger partial charge is 0.363 e. The summed E-state index contributed by atoms with van der Waals surface area (Å²) in [5, 5.41) is 7.56. The van der Waals surface area contributed by atoms with Gasteiger partial charge in [-0.25, -0.2) is 9.97 Å². The lowest BCUT2D eigenvalue weighted by atomic mass is 10.1. The van der Waals surface area contributed by atoms with Crippen LogP contribution in [-0.2, 0) is 7.05 Å². The predicted molar refractivity (Wildman–Crippen MR) is 85.0 cm³/mol. The lowest BCUT2D eigenvalue weighted by Gasteiger charge is -2.14. The summed E-state index contributed by atoms with van der Waals surface area (Å²) in [6.45, 7) is 0. The molecule has 1 amide bonds. The fraction of sp³-hybridized carbons (Fsp3) is 0.200. The molecule has 0 saturated carbocycles. The van der Waals surface area contributed by atoms with Gasteiger partial charge >= 0.3 is 0 Å². The highest BCUT2D eigenvalue weighted by Crippen LogP contribution is 2.22. The average molecular weight is 296 g/mol. The van der Waals surface area contributed by atoms with Gasteiger partial charge in [0.25, 0.3) is 5.91 Å². The second-order valence-corrected chi connectivity index (χ2v) is 5.14.